The van der Waals surface area contributed by atoms with E-state index in [9.17, 15) is 47.9 Å². The zero-order chi connectivity index (χ0) is 56.0. The van der Waals surface area contributed by atoms with Gasteiger partial charge in [-0.15, -0.1) is 0 Å². The van der Waals surface area contributed by atoms with Crippen molar-refractivity contribution in [3.8, 4) is 0 Å². The van der Waals surface area contributed by atoms with E-state index in [4.69, 9.17) is 102 Å². The molecule has 0 aromatic rings. The lowest BCUT2D eigenvalue weighted by Gasteiger charge is -2.11. The number of hydrogen-bond donors (Lipinski definition) is 21. The number of carboxylic acid groups (broad SMARTS) is 8. The number of rotatable bonds is 19. The molecule has 0 aliphatic rings. The molecule has 0 spiro atoms. The van der Waals surface area contributed by atoms with Gasteiger partial charge in [-0.1, -0.05) is 48.0 Å². The second kappa shape index (κ2) is 44.1. The lowest BCUT2D eigenvalue weighted by Crippen LogP contribution is -2.39. The van der Waals surface area contributed by atoms with Gasteiger partial charge in [0.05, 0.1) is 31.2 Å². The molecule has 31 N–H and O–H groups in total. The Bertz CT molecular complexity index is 1280. The summed E-state index contributed by atoms with van der Waals surface area (Å²) in [6, 6.07) is -7.93. The van der Waals surface area contributed by atoms with Gasteiger partial charge in [-0.05, 0) is 38.5 Å². The number of carbonyl (C=O) groups excluding carboxylic acids is 2. The van der Waals surface area contributed by atoms with E-state index in [1.807, 2.05) is 13.8 Å². The molecule has 0 radical (unpaired) electrons. The first kappa shape index (κ1) is 78.4. The Kier molecular flexibility index (Phi) is 51.6. The van der Waals surface area contributed by atoms with Crippen molar-refractivity contribution in [3.63, 3.8) is 0 Å². The standard InChI is InChI=1S/C6H13NO2.2C5H11NO2.2C4H8N2O3.3C4H9NO3/c1-3-4(2)5(7)6(8)9;2*1-3(2)4(6)5(7)8;2*5-2(4(8)9)1-3(6)7;3*1-2(6)3(5)4(7)8/h4-5H,3,7H2,1-2H3,(H,8,9);2*3-4H,6H2,1-2H3,(H,7,8);2*2H,1,5H2,(H2,6,7)(H,8,9);3*2-3,6H,5H2,1H3,(H,7,8). The topological polar surface area (TPSA) is 653 Å². The Morgan fingerprint density at radius 2 is 0.522 bits per heavy atom. The Labute approximate surface area is 386 Å². The molecule has 67 heavy (non-hydrogen) atoms. The number of amides is 2. The van der Waals surface area contributed by atoms with Crippen LogP contribution in [0.3, 0.4) is 0 Å². The van der Waals surface area contributed by atoms with Gasteiger partial charge in [0.15, 0.2) is 0 Å². The Balaban J connectivity index is -0.0000000990. The molecule has 0 heterocycles. The molecule has 0 rings (SSSR count). The van der Waals surface area contributed by atoms with Crippen LogP contribution in [0.5, 0.6) is 0 Å². The highest BCUT2D eigenvalue weighted by Crippen LogP contribution is 2.04. The van der Waals surface area contributed by atoms with Crippen LogP contribution in [-0.4, -0.2) is 182 Å². The van der Waals surface area contributed by atoms with E-state index in [1.54, 1.807) is 27.7 Å². The quantitative estimate of drug-likeness (QED) is 0.0572. The number of nitrogens with two attached hydrogens (primary N) is 10. The number of hydrogen-bond acceptors (Lipinski definition) is 21. The van der Waals surface area contributed by atoms with Gasteiger partial charge in [0.25, 0.3) is 0 Å². The first-order chi connectivity index (χ1) is 29.9. The summed E-state index contributed by atoms with van der Waals surface area (Å²) in [5.41, 5.74) is 49.5. The Morgan fingerprint density at radius 1 is 0.343 bits per heavy atom. The predicted octanol–water partition coefficient (Wildman–Crippen LogP) is -6.56. The van der Waals surface area contributed by atoms with Crippen molar-refractivity contribution >= 4 is 59.6 Å². The molecule has 12 unspecified atom stereocenters. The summed E-state index contributed by atoms with van der Waals surface area (Å²) in [6.07, 6.45) is -2.74. The van der Waals surface area contributed by atoms with Crippen LogP contribution in [0.15, 0.2) is 0 Å². The minimum Gasteiger partial charge on any atom is -0.480 e. The molecule has 0 saturated carbocycles. The molecule has 0 bridgehead atoms. The molecule has 0 fully saturated rings. The molecule has 398 valence electrons. The fourth-order valence-corrected chi connectivity index (χ4v) is 2.29. The number of aliphatic hydroxyl groups excluding tert-OH is 3. The summed E-state index contributed by atoms with van der Waals surface area (Å²) >= 11 is 0. The summed E-state index contributed by atoms with van der Waals surface area (Å²) in [4.78, 5) is 99.6. The lowest BCUT2D eigenvalue weighted by atomic mass is 10.0. The average Bonchev–Trinajstić information content (AvgIpc) is 3.19. The number of aliphatic hydroxyl groups is 3. The van der Waals surface area contributed by atoms with Gasteiger partial charge in [-0.2, -0.15) is 0 Å². The molecule has 31 heteroatoms. The summed E-state index contributed by atoms with van der Waals surface area (Å²) in [6.45, 7) is 14.9. The van der Waals surface area contributed by atoms with Gasteiger partial charge in [-0.25, -0.2) is 0 Å². The smallest absolute Gasteiger partial charge is 0.323 e. The second-order valence-electron chi connectivity index (χ2n) is 14.5. The summed E-state index contributed by atoms with van der Waals surface area (Å²) in [7, 11) is 0. The first-order valence-electron chi connectivity index (χ1n) is 19.4. The lowest BCUT2D eigenvalue weighted by molar-refractivity contribution is -0.141. The van der Waals surface area contributed by atoms with E-state index in [0.29, 0.717) is 0 Å². The maximum absolute atomic E-state index is 10.2. The molecular formula is C36H78N10O21. The highest BCUT2D eigenvalue weighted by Gasteiger charge is 2.20. The second-order valence-corrected chi connectivity index (χ2v) is 14.5. The fraction of sp³-hybridized carbons (Fsp3) is 0.722. The van der Waals surface area contributed by atoms with Crippen LogP contribution in [0, 0.1) is 17.8 Å². The third-order valence-electron chi connectivity index (χ3n) is 7.44. The molecule has 12 atom stereocenters. The predicted molar refractivity (Wildman–Crippen MR) is 237 cm³/mol. The van der Waals surface area contributed by atoms with Crippen molar-refractivity contribution < 1.29 is 104 Å². The Hall–Kier alpha value is -5.74. The van der Waals surface area contributed by atoms with Crippen LogP contribution in [0.1, 0.15) is 81.6 Å². The number of carbonyl (C=O) groups is 10. The van der Waals surface area contributed by atoms with Gasteiger partial charge in [0.1, 0.15) is 48.3 Å². The minimum atomic E-state index is -1.21. The summed E-state index contributed by atoms with van der Waals surface area (Å²) in [5.74, 6) is -10.0. The summed E-state index contributed by atoms with van der Waals surface area (Å²) < 4.78 is 0. The van der Waals surface area contributed by atoms with Crippen molar-refractivity contribution in [2.45, 2.75) is 148 Å². The van der Waals surface area contributed by atoms with Crippen molar-refractivity contribution in [2.75, 3.05) is 0 Å². The number of primary amides is 2. The van der Waals surface area contributed by atoms with E-state index in [2.05, 4.69) is 11.5 Å². The van der Waals surface area contributed by atoms with Gasteiger partial charge in [-0.3, -0.25) is 47.9 Å². The van der Waals surface area contributed by atoms with Gasteiger partial charge in [0.2, 0.25) is 11.8 Å². The van der Waals surface area contributed by atoms with Crippen LogP contribution in [0.2, 0.25) is 0 Å². The zero-order valence-electron chi connectivity index (χ0n) is 39.0. The first-order valence-corrected chi connectivity index (χ1v) is 19.4. The van der Waals surface area contributed by atoms with E-state index in [1.165, 1.54) is 20.8 Å². The van der Waals surface area contributed by atoms with E-state index in [-0.39, 0.29) is 30.6 Å². The number of carboxylic acids is 8. The fourth-order valence-electron chi connectivity index (χ4n) is 2.29. The largest absolute Gasteiger partial charge is 0.480 e. The van der Waals surface area contributed by atoms with Gasteiger partial charge in [0, 0.05) is 0 Å². The molecule has 0 saturated heterocycles. The third kappa shape index (κ3) is 56.3. The van der Waals surface area contributed by atoms with Crippen LogP contribution >= 0.6 is 0 Å². The maximum Gasteiger partial charge on any atom is 0.323 e. The summed E-state index contributed by atoms with van der Waals surface area (Å²) in [5, 5.41) is 90.7. The van der Waals surface area contributed by atoms with Crippen LogP contribution in [-0.2, 0) is 47.9 Å². The van der Waals surface area contributed by atoms with Gasteiger partial charge < -0.3 is 114 Å². The van der Waals surface area contributed by atoms with E-state index >= 15 is 0 Å². The van der Waals surface area contributed by atoms with Crippen LogP contribution in [0.25, 0.3) is 0 Å². The highest BCUT2D eigenvalue weighted by molar-refractivity contribution is 5.83. The molecule has 0 aliphatic carbocycles. The monoisotopic (exact) mass is 987 g/mol. The number of aliphatic carboxylic acids is 8. The minimum absolute atomic E-state index is 0.0208. The highest BCUT2D eigenvalue weighted by atomic mass is 16.4. The van der Waals surface area contributed by atoms with E-state index in [0.717, 1.165) is 6.42 Å². The van der Waals surface area contributed by atoms with Crippen molar-refractivity contribution in [1.82, 2.24) is 0 Å². The van der Waals surface area contributed by atoms with Crippen LogP contribution < -0.4 is 57.3 Å². The molecular weight excluding hydrogens is 908 g/mol. The Morgan fingerprint density at radius 3 is 0.552 bits per heavy atom. The molecule has 0 aliphatic heterocycles. The zero-order valence-corrected chi connectivity index (χ0v) is 39.0. The van der Waals surface area contributed by atoms with Gasteiger partial charge >= 0.3 is 47.8 Å². The van der Waals surface area contributed by atoms with Crippen LogP contribution in [0.4, 0.5) is 0 Å². The average molecular weight is 987 g/mol. The third-order valence-corrected chi connectivity index (χ3v) is 7.44. The molecule has 0 aromatic carbocycles. The van der Waals surface area contributed by atoms with Crippen molar-refractivity contribution in [1.29, 1.82) is 0 Å². The van der Waals surface area contributed by atoms with Crippen molar-refractivity contribution in [3.05, 3.63) is 0 Å². The molecule has 31 nitrogen and oxygen atoms in total. The molecule has 2 amide bonds. The SMILES string of the molecule is CC(C)C(N)C(=O)O.CC(C)C(N)C(=O)O.CC(O)C(N)C(=O)O.CC(O)C(N)C(=O)O.CC(O)C(N)C(=O)O.CCC(C)C(N)C(=O)O.NC(=O)CC(N)C(=O)O.NC(=O)CC(N)C(=O)O. The molecule has 0 aromatic heterocycles. The van der Waals surface area contributed by atoms with E-state index < -0.39 is 126 Å². The maximum atomic E-state index is 10.2. The van der Waals surface area contributed by atoms with Crippen molar-refractivity contribution in [2.24, 2.45) is 75.1 Å². The normalized spacial score (nSPS) is 15.2.